The molecule has 0 aromatic heterocycles. The highest BCUT2D eigenvalue weighted by Crippen LogP contribution is 2.12. The van der Waals surface area contributed by atoms with Gasteiger partial charge in [-0.15, -0.1) is 0 Å². The van der Waals surface area contributed by atoms with Crippen LogP contribution in [0.2, 0.25) is 0 Å². The van der Waals surface area contributed by atoms with Crippen LogP contribution in [-0.4, -0.2) is 29.4 Å². The molecule has 1 aromatic rings. The predicted octanol–water partition coefficient (Wildman–Crippen LogP) is 3.26. The van der Waals surface area contributed by atoms with Gasteiger partial charge in [0, 0.05) is 19.2 Å². The van der Waals surface area contributed by atoms with E-state index in [2.05, 4.69) is 0 Å². The lowest BCUT2D eigenvalue weighted by atomic mass is 10.1. The maximum Gasteiger partial charge on any atom is 0.410 e. The highest BCUT2D eigenvalue weighted by molar-refractivity contribution is 5.94. The third-order valence-corrected chi connectivity index (χ3v) is 2.46. The Morgan fingerprint density at radius 3 is 2.42 bits per heavy atom. The van der Waals surface area contributed by atoms with Gasteiger partial charge in [-0.25, -0.2) is 4.79 Å². The van der Waals surface area contributed by atoms with Crippen molar-refractivity contribution >= 4 is 11.9 Å². The SMILES string of the molecule is CC(=O)c1cccc(CN(C)C(=O)OC(C)(C)C)c1. The first kappa shape index (κ1) is 15.2. The Labute approximate surface area is 114 Å². The Balaban J connectivity index is 2.71. The Morgan fingerprint density at radius 1 is 1.26 bits per heavy atom. The lowest BCUT2D eigenvalue weighted by molar-refractivity contribution is 0.0285. The first-order valence-electron chi connectivity index (χ1n) is 6.23. The molecular weight excluding hydrogens is 242 g/mol. The summed E-state index contributed by atoms with van der Waals surface area (Å²) in [7, 11) is 1.68. The first-order valence-corrected chi connectivity index (χ1v) is 6.23. The fourth-order valence-electron chi connectivity index (χ4n) is 1.57. The molecule has 0 heterocycles. The second-order valence-corrected chi connectivity index (χ2v) is 5.59. The summed E-state index contributed by atoms with van der Waals surface area (Å²) in [6, 6.07) is 7.25. The van der Waals surface area contributed by atoms with Gasteiger partial charge in [0.15, 0.2) is 5.78 Å². The maximum absolute atomic E-state index is 11.8. The van der Waals surface area contributed by atoms with Gasteiger partial charge in [-0.3, -0.25) is 4.79 Å². The van der Waals surface area contributed by atoms with E-state index in [0.29, 0.717) is 12.1 Å². The summed E-state index contributed by atoms with van der Waals surface area (Å²) in [6.45, 7) is 7.42. The quantitative estimate of drug-likeness (QED) is 0.786. The van der Waals surface area contributed by atoms with E-state index in [4.69, 9.17) is 4.74 Å². The zero-order valence-electron chi connectivity index (χ0n) is 12.2. The summed E-state index contributed by atoms with van der Waals surface area (Å²) in [5.74, 6) is 0.0155. The van der Waals surface area contributed by atoms with Gasteiger partial charge in [0.05, 0.1) is 0 Å². The highest BCUT2D eigenvalue weighted by atomic mass is 16.6. The van der Waals surface area contributed by atoms with Crippen LogP contribution in [0.25, 0.3) is 0 Å². The van der Waals surface area contributed by atoms with E-state index in [0.717, 1.165) is 5.56 Å². The molecule has 0 bridgehead atoms. The third kappa shape index (κ3) is 5.12. The third-order valence-electron chi connectivity index (χ3n) is 2.46. The summed E-state index contributed by atoms with van der Waals surface area (Å²) in [5, 5.41) is 0. The summed E-state index contributed by atoms with van der Waals surface area (Å²) in [5.41, 5.74) is 1.04. The standard InChI is InChI=1S/C15H21NO3/c1-11(17)13-8-6-7-12(9-13)10-16(5)14(18)19-15(2,3)4/h6-9H,10H2,1-5H3. The fourth-order valence-corrected chi connectivity index (χ4v) is 1.57. The fraction of sp³-hybridized carbons (Fsp3) is 0.467. The van der Waals surface area contributed by atoms with Crippen LogP contribution in [0, 0.1) is 0 Å². The lowest BCUT2D eigenvalue weighted by Crippen LogP contribution is -2.33. The topological polar surface area (TPSA) is 46.6 Å². The van der Waals surface area contributed by atoms with Crippen molar-refractivity contribution < 1.29 is 14.3 Å². The maximum atomic E-state index is 11.8. The number of ether oxygens (including phenoxy) is 1. The predicted molar refractivity (Wildman–Crippen MR) is 74.1 cm³/mol. The van der Waals surface area contributed by atoms with Gasteiger partial charge in [0.1, 0.15) is 5.60 Å². The molecule has 0 atom stereocenters. The van der Waals surface area contributed by atoms with E-state index in [-0.39, 0.29) is 11.9 Å². The highest BCUT2D eigenvalue weighted by Gasteiger charge is 2.19. The van der Waals surface area contributed by atoms with E-state index in [1.165, 1.54) is 11.8 Å². The van der Waals surface area contributed by atoms with Crippen LogP contribution in [0.1, 0.15) is 43.6 Å². The molecule has 1 rings (SSSR count). The molecule has 0 aliphatic carbocycles. The van der Waals surface area contributed by atoms with Crippen molar-refractivity contribution in [3.8, 4) is 0 Å². The van der Waals surface area contributed by atoms with E-state index < -0.39 is 5.60 Å². The summed E-state index contributed by atoms with van der Waals surface area (Å²) >= 11 is 0. The van der Waals surface area contributed by atoms with Crippen LogP contribution in [0.5, 0.6) is 0 Å². The minimum atomic E-state index is -0.507. The average molecular weight is 263 g/mol. The molecule has 0 N–H and O–H groups in total. The Bertz CT molecular complexity index is 475. The number of Topliss-reactive ketones (excluding diaryl/α,β-unsaturated/α-hetero) is 1. The van der Waals surface area contributed by atoms with Gasteiger partial charge in [0.25, 0.3) is 0 Å². The van der Waals surface area contributed by atoms with Crippen molar-refractivity contribution in [3.05, 3.63) is 35.4 Å². The number of hydrogen-bond donors (Lipinski definition) is 0. The largest absolute Gasteiger partial charge is 0.444 e. The van der Waals surface area contributed by atoms with Crippen molar-refractivity contribution in [1.29, 1.82) is 0 Å². The second kappa shape index (κ2) is 5.87. The van der Waals surface area contributed by atoms with Gasteiger partial charge in [-0.1, -0.05) is 18.2 Å². The van der Waals surface area contributed by atoms with Crippen molar-refractivity contribution in [2.24, 2.45) is 0 Å². The number of benzene rings is 1. The molecule has 0 radical (unpaired) electrons. The molecule has 0 aliphatic rings. The minimum Gasteiger partial charge on any atom is -0.444 e. The summed E-state index contributed by atoms with van der Waals surface area (Å²) < 4.78 is 5.27. The van der Waals surface area contributed by atoms with Crippen LogP contribution < -0.4 is 0 Å². The molecule has 0 fully saturated rings. The van der Waals surface area contributed by atoms with Crippen LogP contribution in [-0.2, 0) is 11.3 Å². The van der Waals surface area contributed by atoms with Gasteiger partial charge in [-0.2, -0.15) is 0 Å². The number of carbonyl (C=O) groups is 2. The van der Waals surface area contributed by atoms with Crippen molar-refractivity contribution in [2.75, 3.05) is 7.05 Å². The number of ketones is 1. The van der Waals surface area contributed by atoms with Crippen molar-refractivity contribution in [3.63, 3.8) is 0 Å². The Morgan fingerprint density at radius 2 is 1.89 bits per heavy atom. The van der Waals surface area contributed by atoms with Gasteiger partial charge >= 0.3 is 6.09 Å². The molecule has 1 amide bonds. The first-order chi connectivity index (χ1) is 8.69. The van der Waals surface area contributed by atoms with Crippen LogP contribution in [0.3, 0.4) is 0 Å². The van der Waals surface area contributed by atoms with E-state index in [9.17, 15) is 9.59 Å². The van der Waals surface area contributed by atoms with E-state index >= 15 is 0 Å². The number of amides is 1. The number of carbonyl (C=O) groups excluding carboxylic acids is 2. The Hall–Kier alpha value is -1.84. The van der Waals surface area contributed by atoms with Crippen molar-refractivity contribution in [2.45, 2.75) is 39.8 Å². The molecule has 0 aliphatic heterocycles. The van der Waals surface area contributed by atoms with Gasteiger partial charge < -0.3 is 9.64 Å². The average Bonchev–Trinajstić information content (AvgIpc) is 2.27. The van der Waals surface area contributed by atoms with Crippen molar-refractivity contribution in [1.82, 2.24) is 4.90 Å². The molecule has 0 saturated carbocycles. The second-order valence-electron chi connectivity index (χ2n) is 5.59. The molecule has 4 nitrogen and oxygen atoms in total. The monoisotopic (exact) mass is 263 g/mol. The molecule has 1 aromatic carbocycles. The van der Waals surface area contributed by atoms with E-state index in [1.54, 1.807) is 19.2 Å². The Kier molecular flexibility index (Phi) is 4.70. The molecule has 0 saturated heterocycles. The zero-order valence-corrected chi connectivity index (χ0v) is 12.2. The molecule has 19 heavy (non-hydrogen) atoms. The molecule has 0 unspecified atom stereocenters. The lowest BCUT2D eigenvalue weighted by Gasteiger charge is -2.24. The van der Waals surface area contributed by atoms with Gasteiger partial charge in [-0.05, 0) is 39.3 Å². The number of hydrogen-bond acceptors (Lipinski definition) is 3. The summed E-state index contributed by atoms with van der Waals surface area (Å²) in [6.07, 6.45) is -0.374. The van der Waals surface area contributed by atoms with Crippen LogP contribution in [0.4, 0.5) is 4.79 Å². The smallest absolute Gasteiger partial charge is 0.410 e. The number of rotatable bonds is 3. The number of nitrogens with zero attached hydrogens (tertiary/aromatic N) is 1. The van der Waals surface area contributed by atoms with Crippen LogP contribution >= 0.6 is 0 Å². The minimum absolute atomic E-state index is 0.0155. The molecule has 4 heteroatoms. The van der Waals surface area contributed by atoms with Gasteiger partial charge in [0.2, 0.25) is 0 Å². The molecular formula is C15H21NO3. The molecule has 104 valence electrons. The van der Waals surface area contributed by atoms with E-state index in [1.807, 2.05) is 32.9 Å². The molecule has 0 spiro atoms. The zero-order chi connectivity index (χ0) is 14.6. The normalized spacial score (nSPS) is 11.0. The van der Waals surface area contributed by atoms with Crippen LogP contribution in [0.15, 0.2) is 24.3 Å². The summed E-state index contributed by atoms with van der Waals surface area (Å²) in [4.78, 5) is 24.6.